The number of nitrogens with zero attached hydrogens (tertiary/aromatic N) is 3. The second kappa shape index (κ2) is 10.5. The van der Waals surface area contributed by atoms with E-state index in [1.165, 1.54) is 23.4 Å². The molecule has 34 heavy (non-hydrogen) atoms. The lowest BCUT2D eigenvalue weighted by Gasteiger charge is -2.23. The fourth-order valence-electron chi connectivity index (χ4n) is 3.56. The van der Waals surface area contributed by atoms with Gasteiger partial charge in [0.25, 0.3) is 0 Å². The molecule has 0 unspecified atom stereocenters. The number of alkyl halides is 3. The Morgan fingerprint density at radius 3 is 2.38 bits per heavy atom. The normalized spacial score (nSPS) is 11.3. The zero-order valence-electron chi connectivity index (χ0n) is 18.8. The van der Waals surface area contributed by atoms with Gasteiger partial charge in [-0.3, -0.25) is 19.6 Å². The van der Waals surface area contributed by atoms with E-state index in [0.29, 0.717) is 34.4 Å². The number of aliphatic carboxylic acids is 1. The maximum absolute atomic E-state index is 13.4. The minimum absolute atomic E-state index is 0.0446. The molecule has 1 amide bonds. The highest BCUT2D eigenvalue weighted by Gasteiger charge is 2.31. The summed E-state index contributed by atoms with van der Waals surface area (Å²) in [6.07, 6.45) is -0.264. The van der Waals surface area contributed by atoms with Crippen molar-refractivity contribution in [3.8, 4) is 11.1 Å². The van der Waals surface area contributed by atoms with Crippen LogP contribution < -0.4 is 0 Å². The first kappa shape index (κ1) is 24.9. The van der Waals surface area contributed by atoms with Gasteiger partial charge in [0.2, 0.25) is 5.91 Å². The summed E-state index contributed by atoms with van der Waals surface area (Å²) >= 11 is 0. The van der Waals surface area contributed by atoms with E-state index >= 15 is 0 Å². The van der Waals surface area contributed by atoms with Crippen LogP contribution >= 0.6 is 0 Å². The van der Waals surface area contributed by atoms with Crippen LogP contribution in [-0.4, -0.2) is 38.4 Å². The predicted octanol–water partition coefficient (Wildman–Crippen LogP) is 4.69. The molecule has 0 aliphatic rings. The summed E-state index contributed by atoms with van der Waals surface area (Å²) in [5.41, 5.74) is 2.35. The quantitative estimate of drug-likeness (QED) is 0.515. The highest BCUT2D eigenvalue weighted by atomic mass is 19.4. The fourth-order valence-corrected chi connectivity index (χ4v) is 3.56. The van der Waals surface area contributed by atoms with E-state index in [-0.39, 0.29) is 25.3 Å². The molecule has 0 fully saturated rings. The third-order valence-corrected chi connectivity index (χ3v) is 5.32. The summed E-state index contributed by atoms with van der Waals surface area (Å²) in [7, 11) is 0. The van der Waals surface area contributed by atoms with Crippen molar-refractivity contribution >= 4 is 11.9 Å². The van der Waals surface area contributed by atoms with Crippen molar-refractivity contribution in [3.63, 3.8) is 0 Å². The van der Waals surface area contributed by atoms with Gasteiger partial charge in [-0.15, -0.1) is 0 Å². The van der Waals surface area contributed by atoms with Crippen LogP contribution in [0.3, 0.4) is 0 Å². The first-order chi connectivity index (χ1) is 16.1. The number of amides is 1. The second-order valence-corrected chi connectivity index (χ2v) is 7.91. The lowest BCUT2D eigenvalue weighted by Crippen LogP contribution is -2.32. The summed E-state index contributed by atoms with van der Waals surface area (Å²) in [5.74, 6) is -1.28. The molecule has 0 bridgehead atoms. The average molecular weight is 471 g/mol. The third-order valence-electron chi connectivity index (χ3n) is 5.32. The van der Waals surface area contributed by atoms with Gasteiger partial charge in [-0.1, -0.05) is 12.1 Å². The Hall–Kier alpha value is -3.75. The monoisotopic (exact) mass is 471 g/mol. The van der Waals surface area contributed by atoms with Crippen molar-refractivity contribution in [2.24, 2.45) is 0 Å². The standard InChI is InChI=1S/C25H24F3N3O3/c1-3-31(23(32)9-17-5-4-16(2)30-13-17)15-20-11-21(25(26,27)28)6-7-22(20)19-8-18(10-24(33)34)12-29-14-19/h4-8,11-14H,3,9-10,15H2,1-2H3,(H,33,34). The van der Waals surface area contributed by atoms with E-state index in [1.54, 1.807) is 31.3 Å². The topological polar surface area (TPSA) is 83.4 Å². The van der Waals surface area contributed by atoms with E-state index in [1.807, 2.05) is 6.92 Å². The minimum Gasteiger partial charge on any atom is -0.481 e. The van der Waals surface area contributed by atoms with Crippen LogP contribution in [0.5, 0.6) is 0 Å². The van der Waals surface area contributed by atoms with Crippen molar-refractivity contribution in [1.82, 2.24) is 14.9 Å². The molecule has 0 aliphatic heterocycles. The molecule has 0 saturated heterocycles. The zero-order chi connectivity index (χ0) is 24.9. The molecule has 1 aromatic carbocycles. The van der Waals surface area contributed by atoms with Crippen LogP contribution in [0.15, 0.2) is 55.0 Å². The largest absolute Gasteiger partial charge is 0.481 e. The molecule has 2 heterocycles. The summed E-state index contributed by atoms with van der Waals surface area (Å²) in [6, 6.07) is 8.51. The highest BCUT2D eigenvalue weighted by molar-refractivity contribution is 5.79. The van der Waals surface area contributed by atoms with Gasteiger partial charge in [0.15, 0.2) is 0 Å². The number of hydrogen-bond donors (Lipinski definition) is 1. The summed E-state index contributed by atoms with van der Waals surface area (Å²) in [4.78, 5) is 33.7. The van der Waals surface area contributed by atoms with Gasteiger partial charge < -0.3 is 10.0 Å². The van der Waals surface area contributed by atoms with Gasteiger partial charge >= 0.3 is 12.1 Å². The number of carboxylic acid groups (broad SMARTS) is 1. The Kier molecular flexibility index (Phi) is 7.65. The first-order valence-electron chi connectivity index (χ1n) is 10.6. The lowest BCUT2D eigenvalue weighted by atomic mass is 9.96. The maximum Gasteiger partial charge on any atom is 0.416 e. The van der Waals surface area contributed by atoms with Gasteiger partial charge in [0.1, 0.15) is 0 Å². The number of halogens is 3. The number of aromatic nitrogens is 2. The fraction of sp³-hybridized carbons (Fsp3) is 0.280. The minimum atomic E-state index is -4.55. The van der Waals surface area contributed by atoms with Crippen molar-refractivity contribution in [3.05, 3.63) is 82.9 Å². The number of likely N-dealkylation sites (N-methyl/N-ethyl adjacent to an activating group) is 1. The summed E-state index contributed by atoms with van der Waals surface area (Å²) in [6.45, 7) is 3.84. The number of carbonyl (C=O) groups is 2. The third kappa shape index (κ3) is 6.40. The number of carboxylic acids is 1. The van der Waals surface area contributed by atoms with Gasteiger partial charge in [-0.2, -0.15) is 13.2 Å². The van der Waals surface area contributed by atoms with Crippen molar-refractivity contribution < 1.29 is 27.9 Å². The molecule has 2 aromatic heterocycles. The zero-order valence-corrected chi connectivity index (χ0v) is 18.8. The molecular weight excluding hydrogens is 447 g/mol. The maximum atomic E-state index is 13.4. The molecule has 6 nitrogen and oxygen atoms in total. The SMILES string of the molecule is CCN(Cc1cc(C(F)(F)F)ccc1-c1cncc(CC(=O)O)c1)C(=O)Cc1ccc(C)nc1. The second-order valence-electron chi connectivity index (χ2n) is 7.91. The number of aryl methyl sites for hydroxylation is 1. The predicted molar refractivity (Wildman–Crippen MR) is 120 cm³/mol. The lowest BCUT2D eigenvalue weighted by molar-refractivity contribution is -0.138. The van der Waals surface area contributed by atoms with Gasteiger partial charge in [0, 0.05) is 42.9 Å². The number of rotatable bonds is 8. The Labute approximate surface area is 195 Å². The van der Waals surface area contributed by atoms with Crippen LogP contribution in [0.25, 0.3) is 11.1 Å². The first-order valence-corrected chi connectivity index (χ1v) is 10.6. The van der Waals surface area contributed by atoms with Crippen LogP contribution in [-0.2, 0) is 35.2 Å². The number of benzene rings is 1. The molecule has 1 N–H and O–H groups in total. The van der Waals surface area contributed by atoms with Gasteiger partial charge in [-0.25, -0.2) is 0 Å². The number of hydrogen-bond acceptors (Lipinski definition) is 4. The van der Waals surface area contributed by atoms with Gasteiger partial charge in [-0.05, 0) is 60.4 Å². The summed E-state index contributed by atoms with van der Waals surface area (Å²) in [5, 5.41) is 9.06. The van der Waals surface area contributed by atoms with Crippen LogP contribution in [0.2, 0.25) is 0 Å². The van der Waals surface area contributed by atoms with E-state index in [0.717, 1.165) is 17.8 Å². The average Bonchev–Trinajstić information content (AvgIpc) is 2.78. The van der Waals surface area contributed by atoms with Crippen molar-refractivity contribution in [2.45, 2.75) is 39.4 Å². The molecular formula is C25H24F3N3O3. The summed E-state index contributed by atoms with van der Waals surface area (Å²) < 4.78 is 40.3. The van der Waals surface area contributed by atoms with Gasteiger partial charge in [0.05, 0.1) is 18.4 Å². The molecule has 3 rings (SSSR count). The number of carbonyl (C=O) groups excluding carboxylic acids is 1. The Morgan fingerprint density at radius 1 is 1.00 bits per heavy atom. The molecule has 0 atom stereocenters. The highest BCUT2D eigenvalue weighted by Crippen LogP contribution is 2.34. The molecule has 0 aliphatic carbocycles. The van der Waals surface area contributed by atoms with Crippen LogP contribution in [0, 0.1) is 6.92 Å². The van der Waals surface area contributed by atoms with Crippen LogP contribution in [0.1, 0.15) is 34.9 Å². The van der Waals surface area contributed by atoms with Crippen molar-refractivity contribution in [1.29, 1.82) is 0 Å². The van der Waals surface area contributed by atoms with E-state index in [2.05, 4.69) is 9.97 Å². The van der Waals surface area contributed by atoms with E-state index < -0.39 is 17.7 Å². The Morgan fingerprint density at radius 2 is 1.76 bits per heavy atom. The Bertz CT molecular complexity index is 1180. The molecule has 3 aromatic rings. The molecule has 9 heteroatoms. The van der Waals surface area contributed by atoms with E-state index in [9.17, 15) is 22.8 Å². The smallest absolute Gasteiger partial charge is 0.416 e. The van der Waals surface area contributed by atoms with Crippen molar-refractivity contribution in [2.75, 3.05) is 6.54 Å². The number of pyridine rings is 2. The van der Waals surface area contributed by atoms with Crippen LogP contribution in [0.4, 0.5) is 13.2 Å². The Balaban J connectivity index is 1.96. The molecule has 0 saturated carbocycles. The van der Waals surface area contributed by atoms with E-state index in [4.69, 9.17) is 5.11 Å². The molecule has 0 spiro atoms. The molecule has 0 radical (unpaired) electrons. The molecule has 178 valence electrons.